The minimum atomic E-state index is -4.39. The number of hydrogen-bond donors (Lipinski definition) is 3. The van der Waals surface area contributed by atoms with Crippen LogP contribution < -0.4 is 10.6 Å². The van der Waals surface area contributed by atoms with Gasteiger partial charge in [-0.15, -0.1) is 0 Å². The summed E-state index contributed by atoms with van der Waals surface area (Å²) in [7, 11) is 0. The molecule has 0 radical (unpaired) electrons. The minimum Gasteiger partial charge on any atom is -0.351 e. The molecule has 2 aromatic carbocycles. The molecule has 4 aromatic rings. The maximum Gasteiger partial charge on any atom is 0.416 e. The van der Waals surface area contributed by atoms with Gasteiger partial charge in [0.05, 0.1) is 11.3 Å². The zero-order valence-corrected chi connectivity index (χ0v) is 20.7. The molecule has 37 heavy (non-hydrogen) atoms. The summed E-state index contributed by atoms with van der Waals surface area (Å²) >= 11 is 0. The van der Waals surface area contributed by atoms with Gasteiger partial charge in [0.25, 0.3) is 5.91 Å². The van der Waals surface area contributed by atoms with E-state index in [2.05, 4.69) is 44.3 Å². The van der Waals surface area contributed by atoms with Crippen molar-refractivity contribution in [3.05, 3.63) is 72.1 Å². The first-order valence-electron chi connectivity index (χ1n) is 12.2. The van der Waals surface area contributed by atoms with Crippen LogP contribution in [0.1, 0.15) is 36.3 Å². The number of hydrogen-bond acceptors (Lipinski definition) is 5. The largest absolute Gasteiger partial charge is 0.416 e. The fraction of sp³-hybridized carbons (Fsp3) is 0.296. The topological polar surface area (TPSA) is 85.9 Å². The first kappa shape index (κ1) is 26.2. The molecular formula is C27H29F3N6O. The van der Waals surface area contributed by atoms with Crippen LogP contribution in [0.2, 0.25) is 0 Å². The number of carbonyl (C=O) groups excluding carboxylic acids is 1. The van der Waals surface area contributed by atoms with E-state index in [1.165, 1.54) is 12.1 Å². The highest BCUT2D eigenvalue weighted by molar-refractivity contribution is 5.98. The van der Waals surface area contributed by atoms with E-state index in [1.54, 1.807) is 18.3 Å². The van der Waals surface area contributed by atoms with Crippen LogP contribution in [0, 0.1) is 0 Å². The number of nitrogens with zero attached hydrogens (tertiary/aromatic N) is 3. The monoisotopic (exact) mass is 510 g/mol. The number of amides is 1. The van der Waals surface area contributed by atoms with Gasteiger partial charge < -0.3 is 20.5 Å². The minimum absolute atomic E-state index is 0.155. The SMILES string of the molecule is CCN(CC)CCCNC(=O)c1cc2cc(Nc3nccc(-c4ccc(C(F)(F)F)cc4)n3)ccc2[nH]1. The van der Waals surface area contributed by atoms with Gasteiger partial charge in [-0.3, -0.25) is 4.79 Å². The second-order valence-corrected chi connectivity index (χ2v) is 8.59. The standard InChI is InChI=1S/C27H29F3N6O/c1-3-36(4-2)15-5-13-31-25(37)24-17-19-16-21(10-11-22(19)34-24)33-26-32-14-12-23(35-26)18-6-8-20(9-7-18)27(28,29)30/h6-12,14,16-17,34H,3-5,13,15H2,1-2H3,(H,31,37)(H,32,33,35). The molecule has 0 aliphatic carbocycles. The van der Waals surface area contributed by atoms with E-state index in [9.17, 15) is 18.0 Å². The van der Waals surface area contributed by atoms with Crippen molar-refractivity contribution < 1.29 is 18.0 Å². The van der Waals surface area contributed by atoms with E-state index >= 15 is 0 Å². The van der Waals surface area contributed by atoms with E-state index in [4.69, 9.17) is 0 Å². The molecule has 0 spiro atoms. The predicted octanol–water partition coefficient (Wildman–Crippen LogP) is 5.85. The third kappa shape index (κ3) is 6.65. The molecule has 2 heterocycles. The van der Waals surface area contributed by atoms with E-state index < -0.39 is 11.7 Å². The molecule has 1 amide bonds. The molecule has 0 saturated heterocycles. The molecule has 0 saturated carbocycles. The zero-order valence-electron chi connectivity index (χ0n) is 20.7. The summed E-state index contributed by atoms with van der Waals surface area (Å²) in [6.45, 7) is 7.78. The first-order chi connectivity index (χ1) is 17.8. The lowest BCUT2D eigenvalue weighted by Gasteiger charge is -2.17. The molecule has 0 aliphatic heterocycles. The van der Waals surface area contributed by atoms with Gasteiger partial charge in [0.15, 0.2) is 0 Å². The van der Waals surface area contributed by atoms with Crippen LogP contribution in [0.25, 0.3) is 22.2 Å². The van der Waals surface area contributed by atoms with Gasteiger partial charge in [0.2, 0.25) is 5.95 Å². The molecule has 0 aliphatic rings. The smallest absolute Gasteiger partial charge is 0.351 e. The van der Waals surface area contributed by atoms with Crippen molar-refractivity contribution in [3.63, 3.8) is 0 Å². The fourth-order valence-electron chi connectivity index (χ4n) is 4.01. The summed E-state index contributed by atoms with van der Waals surface area (Å²) in [6, 6.07) is 13.8. The summed E-state index contributed by atoms with van der Waals surface area (Å²) < 4.78 is 38.5. The van der Waals surface area contributed by atoms with Gasteiger partial charge >= 0.3 is 6.18 Å². The van der Waals surface area contributed by atoms with Crippen molar-refractivity contribution in [1.82, 2.24) is 25.2 Å². The van der Waals surface area contributed by atoms with Crippen LogP contribution in [-0.2, 0) is 6.18 Å². The Hall–Kier alpha value is -3.92. The number of fused-ring (bicyclic) bond motifs is 1. The Kier molecular flexibility index (Phi) is 8.08. The average Bonchev–Trinajstić information content (AvgIpc) is 3.32. The Morgan fingerprint density at radius 2 is 1.78 bits per heavy atom. The first-order valence-corrected chi connectivity index (χ1v) is 12.2. The van der Waals surface area contributed by atoms with Crippen molar-refractivity contribution in [2.24, 2.45) is 0 Å². The second kappa shape index (κ2) is 11.4. The molecule has 2 aromatic heterocycles. The normalized spacial score (nSPS) is 11.7. The molecule has 194 valence electrons. The molecule has 3 N–H and O–H groups in total. The van der Waals surface area contributed by atoms with Crippen LogP contribution in [0.3, 0.4) is 0 Å². The number of aromatic amines is 1. The van der Waals surface area contributed by atoms with Gasteiger partial charge in [-0.2, -0.15) is 13.2 Å². The predicted molar refractivity (Wildman–Crippen MR) is 139 cm³/mol. The summed E-state index contributed by atoms with van der Waals surface area (Å²) in [6.07, 6.45) is -1.97. The lowest BCUT2D eigenvalue weighted by Crippen LogP contribution is -2.30. The maximum atomic E-state index is 12.8. The Morgan fingerprint density at radius 1 is 1.03 bits per heavy atom. The molecule has 0 unspecified atom stereocenters. The van der Waals surface area contributed by atoms with Crippen molar-refractivity contribution in [3.8, 4) is 11.3 Å². The highest BCUT2D eigenvalue weighted by Gasteiger charge is 2.30. The number of aromatic nitrogens is 3. The number of H-pyrrole nitrogens is 1. The van der Waals surface area contributed by atoms with Crippen molar-refractivity contribution >= 4 is 28.4 Å². The number of benzene rings is 2. The van der Waals surface area contributed by atoms with Gasteiger partial charge in [-0.1, -0.05) is 26.0 Å². The van der Waals surface area contributed by atoms with E-state index in [0.717, 1.165) is 49.1 Å². The summed E-state index contributed by atoms with van der Waals surface area (Å²) in [5, 5.41) is 6.92. The van der Waals surface area contributed by atoms with Crippen molar-refractivity contribution in [2.75, 3.05) is 31.5 Å². The van der Waals surface area contributed by atoms with E-state index in [0.29, 0.717) is 35.1 Å². The van der Waals surface area contributed by atoms with Crippen LogP contribution in [0.4, 0.5) is 24.8 Å². The van der Waals surface area contributed by atoms with E-state index in [1.807, 2.05) is 18.2 Å². The molecule has 0 atom stereocenters. The Morgan fingerprint density at radius 3 is 2.49 bits per heavy atom. The van der Waals surface area contributed by atoms with E-state index in [-0.39, 0.29) is 5.91 Å². The van der Waals surface area contributed by atoms with Crippen LogP contribution in [0.5, 0.6) is 0 Å². The Balaban J connectivity index is 1.41. The molecular weight excluding hydrogens is 481 g/mol. The number of carbonyl (C=O) groups is 1. The lowest BCUT2D eigenvalue weighted by molar-refractivity contribution is -0.137. The number of nitrogens with one attached hydrogen (secondary N) is 3. The molecule has 7 nitrogen and oxygen atoms in total. The Labute approximate surface area is 213 Å². The number of alkyl halides is 3. The van der Waals surface area contributed by atoms with Crippen LogP contribution in [0.15, 0.2) is 60.8 Å². The van der Waals surface area contributed by atoms with Gasteiger partial charge in [-0.25, -0.2) is 9.97 Å². The fourth-order valence-corrected chi connectivity index (χ4v) is 4.01. The van der Waals surface area contributed by atoms with Crippen LogP contribution in [-0.4, -0.2) is 51.9 Å². The third-order valence-corrected chi connectivity index (χ3v) is 6.12. The summed E-state index contributed by atoms with van der Waals surface area (Å²) in [4.78, 5) is 26.7. The highest BCUT2D eigenvalue weighted by Crippen LogP contribution is 2.31. The summed E-state index contributed by atoms with van der Waals surface area (Å²) in [5.41, 5.74) is 2.34. The van der Waals surface area contributed by atoms with Crippen molar-refractivity contribution in [1.29, 1.82) is 0 Å². The maximum absolute atomic E-state index is 12.8. The number of halogens is 3. The molecule has 10 heteroatoms. The highest BCUT2D eigenvalue weighted by atomic mass is 19.4. The molecule has 0 bridgehead atoms. The zero-order chi connectivity index (χ0) is 26.4. The third-order valence-electron chi connectivity index (χ3n) is 6.12. The van der Waals surface area contributed by atoms with Crippen LogP contribution >= 0.6 is 0 Å². The lowest BCUT2D eigenvalue weighted by atomic mass is 10.1. The summed E-state index contributed by atoms with van der Waals surface area (Å²) in [5.74, 6) is 0.149. The van der Waals surface area contributed by atoms with Gasteiger partial charge in [-0.05, 0) is 68.5 Å². The number of rotatable bonds is 10. The number of anilines is 2. The average molecular weight is 511 g/mol. The molecule has 4 rings (SSSR count). The van der Waals surface area contributed by atoms with Gasteiger partial charge in [0, 0.05) is 34.9 Å². The quantitative estimate of drug-likeness (QED) is 0.233. The molecule has 0 fully saturated rings. The Bertz CT molecular complexity index is 1350. The second-order valence-electron chi connectivity index (χ2n) is 8.59. The van der Waals surface area contributed by atoms with Gasteiger partial charge in [0.1, 0.15) is 5.69 Å². The van der Waals surface area contributed by atoms with Crippen molar-refractivity contribution in [2.45, 2.75) is 26.4 Å².